The number of aromatic nitrogens is 16. The van der Waals surface area contributed by atoms with E-state index < -0.39 is 23.3 Å². The molecule has 12 heterocycles. The Morgan fingerprint density at radius 2 is 0.485 bits per heavy atom. The van der Waals surface area contributed by atoms with Gasteiger partial charge in [0, 0.05) is 216 Å². The SMILES string of the molecule is Cc1c(N)cncc1-c1cc2cc(NC(=O)[C@@H]3[C@@H](C)[C@H]3c3cnn(C)c3)ncc2c(N)c1F.Cc1c(N)cncc1-c1cc2cc(NC(=O)[C@@H]3[C@H](C)[C@H]3c3cnn(C)c3)ncc2c(N)c1F.Cc1c(N)cncc1-c1cc2cc(NC(=O)[C@H]3[C@@H](C)[C@@H]3c3cnn(C)c3)ncc2c(N)c1F.Cc1c(N)cncc1-c1cc2cc(NC(=O)[C@H]3[C@H](C)[C@@H]3c3cnn(C)c3)ncc2c(N)c1F. The van der Waals surface area contributed by atoms with E-state index in [0.717, 1.165) is 44.5 Å². The summed E-state index contributed by atoms with van der Waals surface area (Å²) >= 11 is 0. The van der Waals surface area contributed by atoms with Gasteiger partial charge in [-0.25, -0.2) is 37.5 Å². The molecule has 4 saturated carbocycles. The van der Waals surface area contributed by atoms with Crippen molar-refractivity contribution in [1.29, 1.82) is 0 Å². The summed E-state index contributed by atoms with van der Waals surface area (Å²) in [4.78, 5) is 85.2. The van der Waals surface area contributed by atoms with Crippen molar-refractivity contribution in [2.45, 2.75) is 79.1 Å². The van der Waals surface area contributed by atoms with Gasteiger partial charge in [0.25, 0.3) is 0 Å². The number of hydrogen-bond donors (Lipinski definition) is 12. The van der Waals surface area contributed by atoms with Crippen molar-refractivity contribution in [2.24, 2.45) is 75.5 Å². The molecule has 4 amide bonds. The molecule has 4 aliphatic carbocycles. The van der Waals surface area contributed by atoms with Gasteiger partial charge in [0.05, 0.1) is 95.1 Å². The topological polar surface area (TPSA) is 499 Å². The van der Waals surface area contributed by atoms with Crippen molar-refractivity contribution in [3.05, 3.63) is 240 Å². The van der Waals surface area contributed by atoms with E-state index in [4.69, 9.17) is 45.9 Å². The summed E-state index contributed by atoms with van der Waals surface area (Å²) in [5.41, 5.74) is 60.6. The number of fused-ring (bicyclic) bond motifs is 4. The molecule has 0 bridgehead atoms. The van der Waals surface area contributed by atoms with Crippen LogP contribution >= 0.6 is 0 Å². The van der Waals surface area contributed by atoms with Crippen molar-refractivity contribution in [3.63, 3.8) is 0 Å². The molecule has 16 aromatic rings. The molecule has 0 spiro atoms. The number of nitrogens with two attached hydrogens (primary N) is 8. The number of carbonyl (C=O) groups is 4. The maximum absolute atomic E-state index is 15.1. The lowest BCUT2D eigenvalue weighted by Gasteiger charge is -2.13. The first kappa shape index (κ1) is 88.0. The van der Waals surface area contributed by atoms with E-state index in [-0.39, 0.29) is 117 Å². The molecule has 0 radical (unpaired) electrons. The molecule has 4 fully saturated rings. The minimum atomic E-state index is -0.553. The highest BCUT2D eigenvalue weighted by molar-refractivity contribution is 6.06. The number of halogens is 4. The highest BCUT2D eigenvalue weighted by atomic mass is 19.1. The van der Waals surface area contributed by atoms with Crippen LogP contribution < -0.4 is 67.1 Å². The van der Waals surface area contributed by atoms with Crippen LogP contribution in [0, 0.1) is 98.3 Å². The van der Waals surface area contributed by atoms with E-state index in [0.29, 0.717) is 134 Å². The zero-order valence-electron chi connectivity index (χ0n) is 74.0. The number of rotatable bonds is 16. The first-order chi connectivity index (χ1) is 63.0. The Morgan fingerprint density at radius 1 is 0.288 bits per heavy atom. The molecular formula is C96H96F4N28O4. The van der Waals surface area contributed by atoms with E-state index in [1.54, 1.807) is 145 Å². The number of nitrogen functional groups attached to an aromatic ring is 8. The average Bonchev–Trinajstić information content (AvgIpc) is 1.69. The summed E-state index contributed by atoms with van der Waals surface area (Å²) in [6, 6.07) is 13.5. The second-order valence-corrected chi connectivity index (χ2v) is 34.8. The number of nitrogens with one attached hydrogen (secondary N) is 4. The van der Waals surface area contributed by atoms with E-state index in [1.807, 2.05) is 80.7 Å². The lowest BCUT2D eigenvalue weighted by molar-refractivity contribution is -0.118. The van der Waals surface area contributed by atoms with Crippen molar-refractivity contribution < 1.29 is 36.7 Å². The van der Waals surface area contributed by atoms with Gasteiger partial charge in [-0.15, -0.1) is 0 Å². The Bertz CT molecular complexity index is 6510. The average molecular weight is 1780 g/mol. The van der Waals surface area contributed by atoms with Crippen molar-refractivity contribution in [3.8, 4) is 44.5 Å². The number of anilines is 12. The Hall–Kier alpha value is -16.0. The quantitative estimate of drug-likeness (QED) is 0.0316. The Kier molecular flexibility index (Phi) is 23.0. The Morgan fingerprint density at radius 3 is 0.667 bits per heavy atom. The summed E-state index contributed by atoms with van der Waals surface area (Å²) in [5.74, 6) is -0.300. The van der Waals surface area contributed by atoms with Crippen LogP contribution in [0.4, 0.5) is 86.3 Å². The normalized spacial score (nSPS) is 19.6. The molecule has 20 rings (SSSR count). The van der Waals surface area contributed by atoms with E-state index in [1.165, 1.54) is 49.6 Å². The summed E-state index contributed by atoms with van der Waals surface area (Å²) in [7, 11) is 7.42. The number of pyridine rings is 8. The highest BCUT2D eigenvalue weighted by Crippen LogP contribution is 2.58. The monoisotopic (exact) mass is 1780 g/mol. The van der Waals surface area contributed by atoms with E-state index in [9.17, 15) is 19.2 Å². The second kappa shape index (κ2) is 34.5. The summed E-state index contributed by atoms with van der Waals surface area (Å²) in [6.07, 6.45) is 33.2. The maximum atomic E-state index is 15.1. The molecule has 4 aliphatic rings. The van der Waals surface area contributed by atoms with Crippen molar-refractivity contribution >= 4 is 135 Å². The predicted octanol–water partition coefficient (Wildman–Crippen LogP) is 14.5. The molecule has 36 heteroatoms. The third kappa shape index (κ3) is 16.6. The molecule has 0 saturated heterocycles. The smallest absolute Gasteiger partial charge is 0.229 e. The minimum Gasteiger partial charge on any atom is -0.397 e. The fourth-order valence-electron chi connectivity index (χ4n) is 18.3. The molecular weight excluding hydrogens is 1690 g/mol. The summed E-state index contributed by atoms with van der Waals surface area (Å²) < 4.78 is 67.4. The van der Waals surface area contributed by atoms with Crippen LogP contribution in [-0.2, 0) is 47.4 Å². The van der Waals surface area contributed by atoms with E-state index in [2.05, 4.69) is 81.5 Å². The maximum Gasteiger partial charge on any atom is 0.229 e. The summed E-state index contributed by atoms with van der Waals surface area (Å²) in [5, 5.41) is 32.9. The zero-order chi connectivity index (χ0) is 93.8. The molecule has 0 unspecified atom stereocenters. The number of nitrogens with zero attached hydrogens (tertiary/aromatic N) is 16. The molecule has 20 N–H and O–H groups in total. The van der Waals surface area contributed by atoms with Gasteiger partial charge in [0.2, 0.25) is 23.6 Å². The van der Waals surface area contributed by atoms with E-state index >= 15 is 17.6 Å². The van der Waals surface area contributed by atoms with Crippen LogP contribution in [0.3, 0.4) is 0 Å². The predicted molar refractivity (Wildman–Crippen MR) is 503 cm³/mol. The zero-order valence-corrected chi connectivity index (χ0v) is 74.0. The van der Waals surface area contributed by atoms with Gasteiger partial charge in [-0.2, -0.15) is 20.4 Å². The lowest BCUT2D eigenvalue weighted by atomic mass is 9.97. The van der Waals surface area contributed by atoms with Gasteiger partial charge in [-0.1, -0.05) is 27.7 Å². The van der Waals surface area contributed by atoms with Crippen molar-refractivity contribution in [1.82, 2.24) is 79.0 Å². The number of aryl methyl sites for hydroxylation is 4. The molecule has 12 aromatic heterocycles. The minimum absolute atomic E-state index is 0.0119. The van der Waals surface area contributed by atoms with Crippen LogP contribution in [0.15, 0.2) is 172 Å². The number of hydrogen-bond acceptors (Lipinski definition) is 24. The van der Waals surface area contributed by atoms with Crippen LogP contribution in [0.1, 0.15) is 95.9 Å². The second-order valence-electron chi connectivity index (χ2n) is 34.8. The lowest BCUT2D eigenvalue weighted by Crippen LogP contribution is -2.16. The fourth-order valence-corrected chi connectivity index (χ4v) is 18.3. The molecule has 0 aliphatic heterocycles. The standard InChI is InChI=1S/4C24H24FN7O/c4*1-11-16(7-28-9-18(11)26)15-4-13-5-19(29-8-17(13)23(27)22(15)25)31-24(33)21-12(2)20(21)14-6-30-32(3)10-14/h4*4-10,12,20-21H,26-27H2,1-3H3,(H,29,31,33)/t2*12-,20+,21-;2*12-,20-,21+/m1010/s1. The van der Waals surface area contributed by atoms with Crippen LogP contribution in [-0.4, -0.2) is 103 Å². The first-order valence-corrected chi connectivity index (χ1v) is 42.5. The largest absolute Gasteiger partial charge is 0.397 e. The van der Waals surface area contributed by atoms with Gasteiger partial charge < -0.3 is 67.1 Å². The fraction of sp³-hybridized carbons (Fsp3) is 0.250. The highest BCUT2D eigenvalue weighted by Gasteiger charge is 2.56. The summed E-state index contributed by atoms with van der Waals surface area (Å²) in [6.45, 7) is 15.4. The van der Waals surface area contributed by atoms with Gasteiger partial charge in [-0.05, 0) is 166 Å². The number of amides is 4. The third-order valence-electron chi connectivity index (χ3n) is 26.3. The van der Waals surface area contributed by atoms with Crippen LogP contribution in [0.5, 0.6) is 0 Å². The Balaban J connectivity index is 0.000000123. The van der Waals surface area contributed by atoms with Gasteiger partial charge in [0.1, 0.15) is 23.3 Å². The molecule has 4 aromatic carbocycles. The Labute approximate surface area is 753 Å². The number of carbonyl (C=O) groups excluding carboxylic acids is 4. The van der Waals surface area contributed by atoms with Gasteiger partial charge in [0.15, 0.2) is 23.3 Å². The van der Waals surface area contributed by atoms with Crippen molar-refractivity contribution in [2.75, 3.05) is 67.1 Å². The van der Waals surface area contributed by atoms with Gasteiger partial charge >= 0.3 is 0 Å². The number of benzene rings is 4. The van der Waals surface area contributed by atoms with Crippen LogP contribution in [0.25, 0.3) is 87.6 Å². The molecule has 32 nitrogen and oxygen atoms in total. The third-order valence-corrected chi connectivity index (χ3v) is 26.3. The van der Waals surface area contributed by atoms with Gasteiger partial charge in [-0.3, -0.25) is 57.8 Å². The first-order valence-electron chi connectivity index (χ1n) is 42.5. The molecule has 672 valence electrons. The van der Waals surface area contributed by atoms with Crippen LogP contribution in [0.2, 0.25) is 0 Å². The molecule has 12 atom stereocenters. The molecule has 132 heavy (non-hydrogen) atoms.